The topological polar surface area (TPSA) is 95.1 Å². The van der Waals surface area contributed by atoms with E-state index in [9.17, 15) is 13.5 Å². The summed E-state index contributed by atoms with van der Waals surface area (Å²) in [4.78, 5) is 6.57. The highest BCUT2D eigenvalue weighted by atomic mass is 32.2. The Hall–Kier alpha value is -2.54. The van der Waals surface area contributed by atoms with Crippen LogP contribution in [0.2, 0.25) is 0 Å². The summed E-state index contributed by atoms with van der Waals surface area (Å²) in [6.07, 6.45) is 1.26. The maximum atomic E-state index is 12.3. The maximum Gasteiger partial charge on any atom is 0.279 e. The van der Waals surface area contributed by atoms with Crippen molar-refractivity contribution in [3.8, 4) is 5.75 Å². The molecular formula is C14H13N3O3S. The SMILES string of the molecule is Cc1ncc(S(=O)(=O)Nc2cccc3c(O)cccc23)[nH]1. The third-order valence-corrected chi connectivity index (χ3v) is 4.39. The van der Waals surface area contributed by atoms with Gasteiger partial charge in [-0.05, 0) is 19.1 Å². The first-order valence-corrected chi connectivity index (χ1v) is 7.71. The molecule has 0 spiro atoms. The molecule has 0 saturated carbocycles. The van der Waals surface area contributed by atoms with Gasteiger partial charge in [-0.3, -0.25) is 4.72 Å². The van der Waals surface area contributed by atoms with Crippen LogP contribution < -0.4 is 4.72 Å². The Morgan fingerprint density at radius 3 is 2.57 bits per heavy atom. The normalized spacial score (nSPS) is 11.7. The minimum absolute atomic E-state index is 0.00263. The highest BCUT2D eigenvalue weighted by Crippen LogP contribution is 2.30. The molecule has 0 bridgehead atoms. The van der Waals surface area contributed by atoms with Gasteiger partial charge in [-0.25, -0.2) is 4.98 Å². The number of aromatic nitrogens is 2. The summed E-state index contributed by atoms with van der Waals surface area (Å²) in [5.74, 6) is 0.622. The molecule has 0 fully saturated rings. The van der Waals surface area contributed by atoms with Gasteiger partial charge in [-0.2, -0.15) is 8.42 Å². The van der Waals surface area contributed by atoms with E-state index in [1.54, 1.807) is 43.3 Å². The predicted octanol–water partition coefficient (Wildman–Crippen LogP) is 2.38. The van der Waals surface area contributed by atoms with E-state index >= 15 is 0 Å². The van der Waals surface area contributed by atoms with Gasteiger partial charge in [-0.15, -0.1) is 0 Å². The average molecular weight is 303 g/mol. The van der Waals surface area contributed by atoms with Crippen molar-refractivity contribution in [3.63, 3.8) is 0 Å². The van der Waals surface area contributed by atoms with E-state index in [-0.39, 0.29) is 10.8 Å². The molecule has 6 nitrogen and oxygen atoms in total. The minimum Gasteiger partial charge on any atom is -0.507 e. The van der Waals surface area contributed by atoms with Crippen LogP contribution in [0.1, 0.15) is 5.82 Å². The van der Waals surface area contributed by atoms with Gasteiger partial charge < -0.3 is 10.1 Å². The van der Waals surface area contributed by atoms with E-state index in [1.807, 2.05) is 0 Å². The summed E-state index contributed by atoms with van der Waals surface area (Å²) in [6.45, 7) is 1.68. The quantitative estimate of drug-likeness (QED) is 0.692. The number of benzene rings is 2. The van der Waals surface area contributed by atoms with Crippen LogP contribution in [-0.2, 0) is 10.0 Å². The standard InChI is InChI=1S/C14H13N3O3S/c1-9-15-8-14(16-9)21(19,20)17-12-6-2-5-11-10(12)4-3-7-13(11)18/h2-8,17-18H,1H3,(H,15,16). The van der Waals surface area contributed by atoms with E-state index in [2.05, 4.69) is 14.7 Å². The van der Waals surface area contributed by atoms with E-state index in [1.165, 1.54) is 6.20 Å². The number of nitrogens with zero attached hydrogens (tertiary/aromatic N) is 1. The molecule has 3 aromatic rings. The number of aromatic hydroxyl groups is 1. The Morgan fingerprint density at radius 1 is 1.14 bits per heavy atom. The van der Waals surface area contributed by atoms with Gasteiger partial charge in [0.2, 0.25) is 0 Å². The molecule has 0 amide bonds. The lowest BCUT2D eigenvalue weighted by Crippen LogP contribution is -2.13. The summed E-state index contributed by atoms with van der Waals surface area (Å²) in [7, 11) is -3.75. The third kappa shape index (κ3) is 2.43. The lowest BCUT2D eigenvalue weighted by Gasteiger charge is -2.10. The van der Waals surface area contributed by atoms with E-state index in [0.717, 1.165) is 0 Å². The van der Waals surface area contributed by atoms with Crippen molar-refractivity contribution in [2.24, 2.45) is 0 Å². The first-order valence-electron chi connectivity index (χ1n) is 6.22. The average Bonchev–Trinajstić information content (AvgIpc) is 2.87. The zero-order chi connectivity index (χ0) is 15.0. The zero-order valence-electron chi connectivity index (χ0n) is 11.2. The van der Waals surface area contributed by atoms with Crippen molar-refractivity contribution in [1.82, 2.24) is 9.97 Å². The number of sulfonamides is 1. The number of phenols is 1. The van der Waals surface area contributed by atoms with E-state index in [4.69, 9.17) is 0 Å². The van der Waals surface area contributed by atoms with Gasteiger partial charge in [0, 0.05) is 10.8 Å². The van der Waals surface area contributed by atoms with Crippen LogP contribution in [0.5, 0.6) is 5.75 Å². The molecule has 3 N–H and O–H groups in total. The number of aromatic amines is 1. The van der Waals surface area contributed by atoms with Crippen molar-refractivity contribution in [2.75, 3.05) is 4.72 Å². The molecule has 3 rings (SSSR count). The van der Waals surface area contributed by atoms with E-state index < -0.39 is 10.0 Å². The lowest BCUT2D eigenvalue weighted by atomic mass is 10.1. The first kappa shape index (κ1) is 13.4. The van der Waals surface area contributed by atoms with Crippen LogP contribution in [0.15, 0.2) is 47.6 Å². The Labute approximate surface area is 121 Å². The van der Waals surface area contributed by atoms with Crippen LogP contribution in [0.4, 0.5) is 5.69 Å². The van der Waals surface area contributed by atoms with Crippen LogP contribution in [0.3, 0.4) is 0 Å². The van der Waals surface area contributed by atoms with Crippen molar-refractivity contribution in [2.45, 2.75) is 11.9 Å². The summed E-state index contributed by atoms with van der Waals surface area (Å²) in [5.41, 5.74) is 0.399. The number of nitrogens with one attached hydrogen (secondary N) is 2. The number of hydrogen-bond donors (Lipinski definition) is 3. The van der Waals surface area contributed by atoms with E-state index in [0.29, 0.717) is 22.3 Å². The molecule has 1 aromatic heterocycles. The monoisotopic (exact) mass is 303 g/mol. The lowest BCUT2D eigenvalue weighted by molar-refractivity contribution is 0.481. The molecule has 108 valence electrons. The molecule has 0 saturated heterocycles. The molecule has 21 heavy (non-hydrogen) atoms. The van der Waals surface area contributed by atoms with Crippen LogP contribution >= 0.6 is 0 Å². The number of anilines is 1. The van der Waals surface area contributed by atoms with Gasteiger partial charge in [0.1, 0.15) is 11.6 Å². The van der Waals surface area contributed by atoms with Gasteiger partial charge in [0.15, 0.2) is 5.03 Å². The molecular weight excluding hydrogens is 290 g/mol. The summed E-state index contributed by atoms with van der Waals surface area (Å²) < 4.78 is 27.1. The molecule has 0 aliphatic carbocycles. The first-order chi connectivity index (χ1) is 9.97. The number of rotatable bonds is 3. The molecule has 1 heterocycles. The Kier molecular flexibility index (Phi) is 3.06. The fourth-order valence-corrected chi connectivity index (χ4v) is 3.17. The smallest absolute Gasteiger partial charge is 0.279 e. The number of phenolic OH excluding ortho intramolecular Hbond substituents is 1. The van der Waals surface area contributed by atoms with Crippen molar-refractivity contribution in [1.29, 1.82) is 0 Å². The van der Waals surface area contributed by atoms with Gasteiger partial charge in [0.25, 0.3) is 10.0 Å². The molecule has 0 aliphatic heterocycles. The fraction of sp³-hybridized carbons (Fsp3) is 0.0714. The van der Waals surface area contributed by atoms with Crippen LogP contribution in [0, 0.1) is 6.92 Å². The Bertz CT molecular complexity index is 916. The molecule has 0 unspecified atom stereocenters. The molecule has 0 atom stereocenters. The second-order valence-electron chi connectivity index (χ2n) is 4.62. The summed E-state index contributed by atoms with van der Waals surface area (Å²) in [6, 6.07) is 10.0. The molecule has 0 aliphatic rings. The summed E-state index contributed by atoms with van der Waals surface area (Å²) >= 11 is 0. The number of fused-ring (bicyclic) bond motifs is 1. The largest absolute Gasteiger partial charge is 0.507 e. The van der Waals surface area contributed by atoms with Crippen LogP contribution in [-0.4, -0.2) is 23.5 Å². The fourth-order valence-electron chi connectivity index (χ4n) is 2.12. The molecule has 0 radical (unpaired) electrons. The highest BCUT2D eigenvalue weighted by Gasteiger charge is 2.18. The molecule has 2 aromatic carbocycles. The highest BCUT2D eigenvalue weighted by molar-refractivity contribution is 7.92. The minimum atomic E-state index is -3.75. The number of aryl methyl sites for hydroxylation is 1. The number of imidazole rings is 1. The molecule has 7 heteroatoms. The van der Waals surface area contributed by atoms with Gasteiger partial charge in [-0.1, -0.05) is 24.3 Å². The zero-order valence-corrected chi connectivity index (χ0v) is 12.0. The van der Waals surface area contributed by atoms with Crippen molar-refractivity contribution in [3.05, 3.63) is 48.4 Å². The van der Waals surface area contributed by atoms with Gasteiger partial charge >= 0.3 is 0 Å². The third-order valence-electron chi connectivity index (χ3n) is 3.11. The van der Waals surface area contributed by atoms with Crippen molar-refractivity contribution >= 4 is 26.5 Å². The Balaban J connectivity index is 2.08. The Morgan fingerprint density at radius 2 is 1.86 bits per heavy atom. The van der Waals surface area contributed by atoms with Crippen molar-refractivity contribution < 1.29 is 13.5 Å². The predicted molar refractivity (Wildman–Crippen MR) is 79.7 cm³/mol. The van der Waals surface area contributed by atoms with Crippen LogP contribution in [0.25, 0.3) is 10.8 Å². The number of H-pyrrole nitrogens is 1. The maximum absolute atomic E-state index is 12.3. The summed E-state index contributed by atoms with van der Waals surface area (Å²) in [5, 5.41) is 11.0. The van der Waals surface area contributed by atoms with Gasteiger partial charge in [0.05, 0.1) is 11.9 Å². The second-order valence-corrected chi connectivity index (χ2v) is 6.27. The number of hydrogen-bond acceptors (Lipinski definition) is 4. The second kappa shape index (κ2) is 4.78.